The van der Waals surface area contributed by atoms with Crippen molar-refractivity contribution in [2.24, 2.45) is 4.99 Å². The zero-order valence-electron chi connectivity index (χ0n) is 18.3. The SMILES string of the molecule is CN=C(NCc1ccc(C(=O)N2CCNC(=O)C2)cc1)NC1CCN(C(C)C)CC1. The predicted molar refractivity (Wildman–Crippen MR) is 118 cm³/mol. The van der Waals surface area contributed by atoms with Crippen LogP contribution in [-0.4, -0.2) is 79.4 Å². The van der Waals surface area contributed by atoms with Gasteiger partial charge in [-0.25, -0.2) is 0 Å². The Labute approximate surface area is 179 Å². The molecule has 0 saturated carbocycles. The molecule has 3 N–H and O–H groups in total. The number of piperazine rings is 1. The molecule has 0 spiro atoms. The molecule has 0 bridgehead atoms. The quantitative estimate of drug-likeness (QED) is 0.490. The summed E-state index contributed by atoms with van der Waals surface area (Å²) in [6.07, 6.45) is 2.23. The Morgan fingerprint density at radius 1 is 1.20 bits per heavy atom. The third-order valence-corrected chi connectivity index (χ3v) is 5.81. The maximum absolute atomic E-state index is 12.6. The predicted octanol–water partition coefficient (Wildman–Crippen LogP) is 0.796. The van der Waals surface area contributed by atoms with Gasteiger partial charge in [-0.1, -0.05) is 12.1 Å². The molecule has 0 radical (unpaired) electrons. The number of guanidine groups is 1. The lowest BCUT2D eigenvalue weighted by molar-refractivity contribution is -0.123. The van der Waals surface area contributed by atoms with Crippen LogP contribution < -0.4 is 16.0 Å². The summed E-state index contributed by atoms with van der Waals surface area (Å²) in [6.45, 7) is 8.53. The highest BCUT2D eigenvalue weighted by Crippen LogP contribution is 2.13. The number of hydrogen-bond donors (Lipinski definition) is 3. The minimum Gasteiger partial charge on any atom is -0.354 e. The van der Waals surface area contributed by atoms with Gasteiger partial charge in [0.25, 0.3) is 5.91 Å². The molecule has 30 heavy (non-hydrogen) atoms. The molecule has 1 aromatic rings. The summed E-state index contributed by atoms with van der Waals surface area (Å²) in [4.78, 5) is 32.5. The highest BCUT2D eigenvalue weighted by molar-refractivity contribution is 5.97. The van der Waals surface area contributed by atoms with Crippen molar-refractivity contribution in [1.82, 2.24) is 25.8 Å². The first-order chi connectivity index (χ1) is 14.5. The molecule has 1 aromatic carbocycles. The third kappa shape index (κ3) is 5.95. The van der Waals surface area contributed by atoms with Gasteiger partial charge in [-0.15, -0.1) is 0 Å². The van der Waals surface area contributed by atoms with Crippen molar-refractivity contribution < 1.29 is 9.59 Å². The molecule has 2 saturated heterocycles. The van der Waals surface area contributed by atoms with E-state index >= 15 is 0 Å². The van der Waals surface area contributed by atoms with E-state index in [2.05, 4.69) is 39.7 Å². The Bertz CT molecular complexity index is 753. The van der Waals surface area contributed by atoms with Gasteiger partial charge in [0.1, 0.15) is 0 Å². The fraction of sp³-hybridized carbons (Fsp3) is 0.591. The van der Waals surface area contributed by atoms with E-state index in [1.807, 2.05) is 24.3 Å². The topological polar surface area (TPSA) is 89.1 Å². The van der Waals surface area contributed by atoms with E-state index in [0.717, 1.165) is 37.5 Å². The van der Waals surface area contributed by atoms with E-state index < -0.39 is 0 Å². The summed E-state index contributed by atoms with van der Waals surface area (Å²) in [5.41, 5.74) is 1.67. The van der Waals surface area contributed by atoms with E-state index in [4.69, 9.17) is 0 Å². The number of carbonyl (C=O) groups excluding carboxylic acids is 2. The normalized spacial score (nSPS) is 19.0. The van der Waals surface area contributed by atoms with Crippen LogP contribution in [0.15, 0.2) is 29.3 Å². The molecule has 0 atom stereocenters. The Kier molecular flexibility index (Phi) is 7.68. The van der Waals surface area contributed by atoms with Gasteiger partial charge in [0.2, 0.25) is 5.91 Å². The van der Waals surface area contributed by atoms with Crippen LogP contribution in [0.25, 0.3) is 0 Å². The summed E-state index contributed by atoms with van der Waals surface area (Å²) >= 11 is 0. The van der Waals surface area contributed by atoms with E-state index in [1.54, 1.807) is 11.9 Å². The maximum Gasteiger partial charge on any atom is 0.254 e. The number of likely N-dealkylation sites (tertiary alicyclic amines) is 1. The van der Waals surface area contributed by atoms with E-state index in [-0.39, 0.29) is 18.4 Å². The van der Waals surface area contributed by atoms with Gasteiger partial charge in [0.15, 0.2) is 5.96 Å². The van der Waals surface area contributed by atoms with Crippen LogP contribution in [0.2, 0.25) is 0 Å². The molecule has 8 heteroatoms. The highest BCUT2D eigenvalue weighted by Gasteiger charge is 2.23. The lowest BCUT2D eigenvalue weighted by Crippen LogP contribution is -2.50. The Morgan fingerprint density at radius 2 is 1.90 bits per heavy atom. The Morgan fingerprint density at radius 3 is 2.50 bits per heavy atom. The molecule has 3 rings (SSSR count). The number of carbonyl (C=O) groups is 2. The van der Waals surface area contributed by atoms with Gasteiger partial charge in [-0.05, 0) is 44.4 Å². The molecule has 0 unspecified atom stereocenters. The molecule has 2 heterocycles. The molecule has 164 valence electrons. The standard InChI is InChI=1S/C22H34N6O2/c1-16(2)27-11-8-19(9-12-27)26-22(23-3)25-14-17-4-6-18(7-5-17)21(30)28-13-10-24-20(29)15-28/h4-7,16,19H,8-15H2,1-3H3,(H,24,29)(H2,23,25,26). The number of nitrogens with zero attached hydrogens (tertiary/aromatic N) is 3. The number of benzene rings is 1. The number of nitrogens with one attached hydrogen (secondary N) is 3. The second kappa shape index (κ2) is 10.4. The van der Waals surface area contributed by atoms with Gasteiger partial charge in [-0.3, -0.25) is 14.6 Å². The summed E-state index contributed by atoms with van der Waals surface area (Å²) in [5, 5.41) is 9.62. The van der Waals surface area contributed by atoms with Crippen molar-refractivity contribution in [1.29, 1.82) is 0 Å². The second-order valence-corrected chi connectivity index (χ2v) is 8.25. The molecular weight excluding hydrogens is 380 g/mol. The fourth-order valence-corrected chi connectivity index (χ4v) is 3.89. The van der Waals surface area contributed by atoms with Crippen LogP contribution in [0.5, 0.6) is 0 Å². The number of rotatable bonds is 5. The fourth-order valence-electron chi connectivity index (χ4n) is 3.89. The number of hydrogen-bond acceptors (Lipinski definition) is 4. The molecule has 0 aromatic heterocycles. The maximum atomic E-state index is 12.6. The summed E-state index contributed by atoms with van der Waals surface area (Å²) in [5.74, 6) is 0.594. The average molecular weight is 415 g/mol. The van der Waals surface area contributed by atoms with Gasteiger partial charge >= 0.3 is 0 Å². The highest BCUT2D eigenvalue weighted by atomic mass is 16.2. The van der Waals surface area contributed by atoms with Crippen molar-refractivity contribution in [3.05, 3.63) is 35.4 Å². The number of aliphatic imine (C=N–C) groups is 1. The van der Waals surface area contributed by atoms with Gasteiger partial charge in [0, 0.05) is 57.4 Å². The summed E-state index contributed by atoms with van der Waals surface area (Å²) in [6, 6.07) is 8.57. The molecule has 2 fully saturated rings. The Hall–Kier alpha value is -2.61. The van der Waals surface area contributed by atoms with Crippen molar-refractivity contribution in [3.8, 4) is 0 Å². The number of amides is 2. The van der Waals surface area contributed by atoms with E-state index in [1.165, 1.54) is 0 Å². The van der Waals surface area contributed by atoms with Crippen LogP contribution in [0.1, 0.15) is 42.6 Å². The van der Waals surface area contributed by atoms with Crippen molar-refractivity contribution in [2.45, 2.75) is 45.3 Å². The van der Waals surface area contributed by atoms with Gasteiger partial charge < -0.3 is 25.8 Å². The zero-order valence-corrected chi connectivity index (χ0v) is 18.3. The lowest BCUT2D eigenvalue weighted by atomic mass is 10.0. The molecule has 0 aliphatic carbocycles. The Balaban J connectivity index is 1.47. The molecular formula is C22H34N6O2. The molecule has 2 aliphatic rings. The smallest absolute Gasteiger partial charge is 0.254 e. The van der Waals surface area contributed by atoms with Crippen LogP contribution in [0.3, 0.4) is 0 Å². The summed E-state index contributed by atoms with van der Waals surface area (Å²) < 4.78 is 0. The minimum atomic E-state index is -0.107. The molecule has 2 amide bonds. The minimum absolute atomic E-state index is 0.102. The van der Waals surface area contributed by atoms with Crippen LogP contribution >= 0.6 is 0 Å². The molecule has 2 aliphatic heterocycles. The van der Waals surface area contributed by atoms with Crippen molar-refractivity contribution in [3.63, 3.8) is 0 Å². The third-order valence-electron chi connectivity index (χ3n) is 5.81. The zero-order chi connectivity index (χ0) is 21.5. The lowest BCUT2D eigenvalue weighted by Gasteiger charge is -2.35. The number of piperidine rings is 1. The van der Waals surface area contributed by atoms with Crippen LogP contribution in [-0.2, 0) is 11.3 Å². The first-order valence-electron chi connectivity index (χ1n) is 10.8. The largest absolute Gasteiger partial charge is 0.354 e. The van der Waals surface area contributed by atoms with Crippen molar-refractivity contribution in [2.75, 3.05) is 39.8 Å². The average Bonchev–Trinajstić information content (AvgIpc) is 2.76. The van der Waals surface area contributed by atoms with E-state index in [9.17, 15) is 9.59 Å². The van der Waals surface area contributed by atoms with Crippen LogP contribution in [0, 0.1) is 0 Å². The molecule has 8 nitrogen and oxygen atoms in total. The summed E-state index contributed by atoms with van der Waals surface area (Å²) in [7, 11) is 1.79. The first kappa shape index (κ1) is 22.1. The van der Waals surface area contributed by atoms with E-state index in [0.29, 0.717) is 37.3 Å². The monoisotopic (exact) mass is 414 g/mol. The van der Waals surface area contributed by atoms with Gasteiger partial charge in [0.05, 0.1) is 6.54 Å². The van der Waals surface area contributed by atoms with Crippen LogP contribution in [0.4, 0.5) is 0 Å². The van der Waals surface area contributed by atoms with Crippen molar-refractivity contribution >= 4 is 17.8 Å². The second-order valence-electron chi connectivity index (χ2n) is 8.25. The first-order valence-corrected chi connectivity index (χ1v) is 10.8. The van der Waals surface area contributed by atoms with Gasteiger partial charge in [-0.2, -0.15) is 0 Å².